The lowest BCUT2D eigenvalue weighted by Gasteiger charge is -2.16. The Morgan fingerprint density at radius 3 is 3.18 bits per heavy atom. The summed E-state index contributed by atoms with van der Waals surface area (Å²) in [5.74, 6) is 1.22. The Bertz CT molecular complexity index is 413. The summed E-state index contributed by atoms with van der Waals surface area (Å²) >= 11 is 9.09. The van der Waals surface area contributed by atoms with Gasteiger partial charge >= 0.3 is 0 Å². The minimum absolute atomic E-state index is 0.00884. The number of alkyl halides is 1. The maximum absolute atomic E-state index is 12.2. The van der Waals surface area contributed by atoms with Crippen LogP contribution >= 0.6 is 27.5 Å². The molecule has 2 heterocycles. The van der Waals surface area contributed by atoms with Crippen molar-refractivity contribution >= 4 is 33.4 Å². The molecule has 1 fully saturated rings. The van der Waals surface area contributed by atoms with E-state index >= 15 is 0 Å². The first-order valence-electron chi connectivity index (χ1n) is 5.68. The maximum Gasteiger partial charge on any atom is 0.273 e. The van der Waals surface area contributed by atoms with E-state index in [1.165, 1.54) is 0 Å². The van der Waals surface area contributed by atoms with Crippen molar-refractivity contribution in [3.05, 3.63) is 28.5 Å². The molecule has 92 valence electrons. The fourth-order valence-electron chi connectivity index (χ4n) is 2.10. The van der Waals surface area contributed by atoms with Gasteiger partial charge in [0.05, 0.1) is 0 Å². The van der Waals surface area contributed by atoms with Crippen LogP contribution in [0.3, 0.4) is 0 Å². The van der Waals surface area contributed by atoms with E-state index in [2.05, 4.69) is 20.9 Å². The highest BCUT2D eigenvalue weighted by Gasteiger charge is 2.27. The second-order valence-electron chi connectivity index (χ2n) is 4.22. The molecule has 0 aromatic carbocycles. The van der Waals surface area contributed by atoms with Crippen LogP contribution in [0.5, 0.6) is 0 Å². The third-order valence-corrected chi connectivity index (χ3v) is 3.91. The van der Waals surface area contributed by atoms with E-state index in [4.69, 9.17) is 11.6 Å². The molecule has 1 unspecified atom stereocenters. The Morgan fingerprint density at radius 2 is 2.47 bits per heavy atom. The van der Waals surface area contributed by atoms with E-state index in [1.54, 1.807) is 12.3 Å². The Balaban J connectivity index is 2.05. The number of halogens is 2. The lowest BCUT2D eigenvalue weighted by molar-refractivity contribution is 0.0780. The fraction of sp³-hybridized carbons (Fsp3) is 0.500. The second kappa shape index (κ2) is 5.83. The molecule has 17 heavy (non-hydrogen) atoms. The van der Waals surface area contributed by atoms with E-state index in [0.29, 0.717) is 17.5 Å². The highest BCUT2D eigenvalue weighted by molar-refractivity contribution is 9.10. The molecular formula is C12H14BrClN2O. The van der Waals surface area contributed by atoms with Gasteiger partial charge in [0.25, 0.3) is 5.91 Å². The zero-order valence-electron chi connectivity index (χ0n) is 9.40. The quantitative estimate of drug-likeness (QED) is 0.803. The summed E-state index contributed by atoms with van der Waals surface area (Å²) in [5.41, 5.74) is 0.499. The van der Waals surface area contributed by atoms with Crippen LogP contribution in [0.1, 0.15) is 23.3 Å². The molecule has 1 saturated heterocycles. The molecule has 0 saturated carbocycles. The molecule has 1 aromatic rings. The highest BCUT2D eigenvalue weighted by Crippen LogP contribution is 2.23. The Morgan fingerprint density at radius 1 is 1.65 bits per heavy atom. The Hall–Kier alpha value is -0.610. The molecular weight excluding hydrogens is 304 g/mol. The van der Waals surface area contributed by atoms with Gasteiger partial charge in [0.15, 0.2) is 0 Å². The minimum atomic E-state index is 0.00884. The number of carbonyl (C=O) groups is 1. The van der Waals surface area contributed by atoms with Gasteiger partial charge in [-0.25, -0.2) is 4.98 Å². The SMILES string of the molecule is O=C(c1ncccc1Br)N1CCC(CCCl)C1. The average Bonchev–Trinajstić information content (AvgIpc) is 2.78. The van der Waals surface area contributed by atoms with Gasteiger partial charge in [-0.3, -0.25) is 4.79 Å². The Kier molecular flexibility index (Phi) is 4.40. The van der Waals surface area contributed by atoms with Crippen molar-refractivity contribution in [2.75, 3.05) is 19.0 Å². The van der Waals surface area contributed by atoms with Crippen molar-refractivity contribution in [1.29, 1.82) is 0 Å². The van der Waals surface area contributed by atoms with E-state index < -0.39 is 0 Å². The van der Waals surface area contributed by atoms with Gasteiger partial charge in [-0.1, -0.05) is 0 Å². The van der Waals surface area contributed by atoms with Crippen LogP contribution in [0.2, 0.25) is 0 Å². The van der Waals surface area contributed by atoms with Crippen LogP contribution < -0.4 is 0 Å². The smallest absolute Gasteiger partial charge is 0.273 e. The van der Waals surface area contributed by atoms with Crippen molar-refractivity contribution in [3.8, 4) is 0 Å². The van der Waals surface area contributed by atoms with Crippen LogP contribution in [-0.2, 0) is 0 Å². The van der Waals surface area contributed by atoms with Crippen LogP contribution in [0, 0.1) is 5.92 Å². The topological polar surface area (TPSA) is 33.2 Å². The molecule has 1 aliphatic heterocycles. The number of likely N-dealkylation sites (tertiary alicyclic amines) is 1. The van der Waals surface area contributed by atoms with Gasteiger partial charge in [-0.05, 0) is 46.8 Å². The minimum Gasteiger partial charge on any atom is -0.337 e. The molecule has 1 atom stereocenters. The molecule has 0 spiro atoms. The summed E-state index contributed by atoms with van der Waals surface area (Å²) in [4.78, 5) is 18.2. The molecule has 1 amide bonds. The summed E-state index contributed by atoms with van der Waals surface area (Å²) in [6, 6.07) is 3.65. The van der Waals surface area contributed by atoms with Gasteiger partial charge < -0.3 is 4.90 Å². The van der Waals surface area contributed by atoms with Crippen LogP contribution in [0.25, 0.3) is 0 Å². The summed E-state index contributed by atoms with van der Waals surface area (Å²) in [6.07, 6.45) is 3.67. The van der Waals surface area contributed by atoms with Crippen LogP contribution in [0.4, 0.5) is 0 Å². The van der Waals surface area contributed by atoms with Gasteiger partial charge in [0.2, 0.25) is 0 Å². The molecule has 1 aromatic heterocycles. The number of carbonyl (C=O) groups excluding carboxylic acids is 1. The first-order valence-corrected chi connectivity index (χ1v) is 7.01. The summed E-state index contributed by atoms with van der Waals surface area (Å²) in [6.45, 7) is 1.61. The van der Waals surface area contributed by atoms with E-state index in [1.807, 2.05) is 11.0 Å². The number of aromatic nitrogens is 1. The third kappa shape index (κ3) is 2.99. The first kappa shape index (κ1) is 12.8. The van der Waals surface area contributed by atoms with Gasteiger partial charge in [-0.15, -0.1) is 11.6 Å². The molecule has 0 bridgehead atoms. The largest absolute Gasteiger partial charge is 0.337 e. The third-order valence-electron chi connectivity index (χ3n) is 3.05. The predicted molar refractivity (Wildman–Crippen MR) is 71.3 cm³/mol. The molecule has 5 heteroatoms. The van der Waals surface area contributed by atoms with E-state index in [9.17, 15) is 4.79 Å². The van der Waals surface area contributed by atoms with Crippen molar-refractivity contribution in [3.63, 3.8) is 0 Å². The fourth-order valence-corrected chi connectivity index (χ4v) is 2.83. The predicted octanol–water partition coefficient (Wildman–Crippen LogP) is 2.94. The Labute approximate surface area is 114 Å². The van der Waals surface area contributed by atoms with E-state index in [0.717, 1.165) is 30.4 Å². The highest BCUT2D eigenvalue weighted by atomic mass is 79.9. The van der Waals surface area contributed by atoms with Gasteiger partial charge in [0, 0.05) is 29.6 Å². The molecule has 2 rings (SSSR count). The number of hydrogen-bond acceptors (Lipinski definition) is 2. The van der Waals surface area contributed by atoms with Gasteiger partial charge in [0.1, 0.15) is 5.69 Å². The number of rotatable bonds is 3. The number of hydrogen-bond donors (Lipinski definition) is 0. The molecule has 0 radical (unpaired) electrons. The lowest BCUT2D eigenvalue weighted by atomic mass is 10.1. The maximum atomic E-state index is 12.2. The molecule has 1 aliphatic rings. The van der Waals surface area contributed by atoms with Crippen molar-refractivity contribution < 1.29 is 4.79 Å². The summed E-state index contributed by atoms with van der Waals surface area (Å²) < 4.78 is 0.755. The number of amides is 1. The van der Waals surface area contributed by atoms with E-state index in [-0.39, 0.29) is 5.91 Å². The van der Waals surface area contributed by atoms with Crippen LogP contribution in [0.15, 0.2) is 22.8 Å². The van der Waals surface area contributed by atoms with Gasteiger partial charge in [-0.2, -0.15) is 0 Å². The lowest BCUT2D eigenvalue weighted by Crippen LogP contribution is -2.29. The molecule has 0 aliphatic carbocycles. The van der Waals surface area contributed by atoms with Crippen molar-refractivity contribution in [2.45, 2.75) is 12.8 Å². The average molecular weight is 318 g/mol. The summed E-state index contributed by atoms with van der Waals surface area (Å²) in [5, 5.41) is 0. The van der Waals surface area contributed by atoms with Crippen molar-refractivity contribution in [2.24, 2.45) is 5.92 Å². The normalized spacial score (nSPS) is 19.6. The number of nitrogens with zero attached hydrogens (tertiary/aromatic N) is 2. The number of pyridine rings is 1. The second-order valence-corrected chi connectivity index (χ2v) is 5.45. The molecule has 3 nitrogen and oxygen atoms in total. The zero-order valence-corrected chi connectivity index (χ0v) is 11.7. The standard InChI is InChI=1S/C12H14BrClN2O/c13-10-2-1-6-15-11(10)12(17)16-7-4-9(8-16)3-5-14/h1-2,6,9H,3-5,7-8H2. The molecule has 0 N–H and O–H groups in total. The summed E-state index contributed by atoms with van der Waals surface area (Å²) in [7, 11) is 0. The zero-order chi connectivity index (χ0) is 12.3. The first-order chi connectivity index (χ1) is 8.22. The monoisotopic (exact) mass is 316 g/mol. The van der Waals surface area contributed by atoms with Crippen LogP contribution in [-0.4, -0.2) is 34.8 Å². The van der Waals surface area contributed by atoms with Crippen molar-refractivity contribution in [1.82, 2.24) is 9.88 Å².